The molecule has 1 aliphatic rings. The minimum absolute atomic E-state index is 0.666. The second-order valence-corrected chi connectivity index (χ2v) is 5.37. The lowest BCUT2D eigenvalue weighted by atomic mass is 10.4. The minimum atomic E-state index is 0.666. The minimum Gasteiger partial charge on any atom is -0.384 e. The molecule has 1 aliphatic heterocycles. The average molecular weight is 283 g/mol. The van der Waals surface area contributed by atoms with Crippen LogP contribution in [0.1, 0.15) is 19.8 Å². The maximum Gasteiger partial charge on any atom is 0.231 e. The van der Waals surface area contributed by atoms with Crippen LogP contribution in [0.25, 0.3) is 0 Å². The van der Waals surface area contributed by atoms with Gasteiger partial charge >= 0.3 is 0 Å². The molecule has 0 spiro atoms. The van der Waals surface area contributed by atoms with E-state index in [1.54, 1.807) is 18.9 Å². The van der Waals surface area contributed by atoms with E-state index in [9.17, 15) is 0 Å². The topological polar surface area (TPSA) is 63.2 Å². The van der Waals surface area contributed by atoms with Crippen molar-refractivity contribution in [3.63, 3.8) is 0 Å². The Hall–Kier alpha value is -1.08. The van der Waals surface area contributed by atoms with E-state index in [0.29, 0.717) is 12.6 Å². The molecule has 0 saturated carbocycles. The molecule has 0 atom stereocenters. The molecule has 2 rings (SSSR count). The molecule has 1 saturated heterocycles. The lowest BCUT2D eigenvalue weighted by molar-refractivity contribution is 0.218. The van der Waals surface area contributed by atoms with E-state index in [1.165, 1.54) is 12.8 Å². The third-order valence-corrected chi connectivity index (χ3v) is 3.66. The quantitative estimate of drug-likeness (QED) is 0.603. The number of nitrogens with zero attached hydrogens (tertiary/aromatic N) is 4. The average Bonchev–Trinajstić information content (AvgIpc) is 2.93. The first-order valence-electron chi connectivity index (χ1n) is 6.70. The summed E-state index contributed by atoms with van der Waals surface area (Å²) in [5.74, 6) is 2.31. The van der Waals surface area contributed by atoms with E-state index in [-0.39, 0.29) is 0 Å². The fourth-order valence-corrected chi connectivity index (χ4v) is 2.65. The molecular formula is C12H21N5OS. The van der Waals surface area contributed by atoms with Crippen LogP contribution in [0.15, 0.2) is 5.16 Å². The van der Waals surface area contributed by atoms with Gasteiger partial charge in [-0.25, -0.2) is 0 Å². The first-order chi connectivity index (χ1) is 9.33. The molecule has 1 aromatic rings. The summed E-state index contributed by atoms with van der Waals surface area (Å²) in [6.45, 7) is 5.63. The predicted molar refractivity (Wildman–Crippen MR) is 78.0 cm³/mol. The molecule has 2 heterocycles. The van der Waals surface area contributed by atoms with Gasteiger partial charge in [-0.15, -0.1) is 0 Å². The predicted octanol–water partition coefficient (Wildman–Crippen LogP) is 1.64. The Morgan fingerprint density at radius 2 is 2.05 bits per heavy atom. The lowest BCUT2D eigenvalue weighted by Gasteiger charge is -2.16. The summed E-state index contributed by atoms with van der Waals surface area (Å²) in [7, 11) is 1.70. The number of hydrogen-bond donors (Lipinski definition) is 1. The zero-order chi connectivity index (χ0) is 13.5. The van der Waals surface area contributed by atoms with Crippen LogP contribution in [-0.2, 0) is 4.74 Å². The zero-order valence-corrected chi connectivity index (χ0v) is 12.4. The van der Waals surface area contributed by atoms with Gasteiger partial charge in [-0.1, -0.05) is 11.8 Å². The summed E-state index contributed by atoms with van der Waals surface area (Å²) in [5.41, 5.74) is 0. The Kier molecular flexibility index (Phi) is 5.65. The monoisotopic (exact) mass is 283 g/mol. The second-order valence-electron chi connectivity index (χ2n) is 4.31. The summed E-state index contributed by atoms with van der Waals surface area (Å²) in [6.07, 6.45) is 2.43. The number of hydrogen-bond acceptors (Lipinski definition) is 7. The Labute approximate surface area is 118 Å². The van der Waals surface area contributed by atoms with Crippen LogP contribution in [0.3, 0.4) is 0 Å². The Morgan fingerprint density at radius 3 is 2.74 bits per heavy atom. The fourth-order valence-electron chi connectivity index (χ4n) is 1.92. The third kappa shape index (κ3) is 4.21. The number of aromatic nitrogens is 3. The summed E-state index contributed by atoms with van der Waals surface area (Å²) >= 11 is 1.60. The van der Waals surface area contributed by atoms with Gasteiger partial charge in [0.05, 0.1) is 6.61 Å². The van der Waals surface area contributed by atoms with Crippen LogP contribution in [-0.4, -0.2) is 54.1 Å². The van der Waals surface area contributed by atoms with Gasteiger partial charge < -0.3 is 15.0 Å². The molecule has 0 amide bonds. The highest BCUT2D eigenvalue weighted by atomic mass is 32.2. The van der Waals surface area contributed by atoms with Gasteiger partial charge in [-0.2, -0.15) is 15.0 Å². The van der Waals surface area contributed by atoms with Crippen molar-refractivity contribution in [3.8, 4) is 0 Å². The van der Waals surface area contributed by atoms with Crippen LogP contribution in [0, 0.1) is 0 Å². The van der Waals surface area contributed by atoms with Crippen molar-refractivity contribution < 1.29 is 4.74 Å². The molecule has 0 aromatic carbocycles. The highest BCUT2D eigenvalue weighted by Gasteiger charge is 2.17. The Balaban J connectivity index is 2.11. The van der Waals surface area contributed by atoms with Crippen molar-refractivity contribution in [1.29, 1.82) is 0 Å². The molecule has 0 bridgehead atoms. The zero-order valence-electron chi connectivity index (χ0n) is 11.6. The number of ether oxygens (including phenoxy) is 1. The molecule has 6 nitrogen and oxygen atoms in total. The van der Waals surface area contributed by atoms with E-state index in [1.807, 2.05) is 6.92 Å². The molecule has 1 N–H and O–H groups in total. The van der Waals surface area contributed by atoms with Crippen molar-refractivity contribution in [2.75, 3.05) is 49.3 Å². The molecule has 19 heavy (non-hydrogen) atoms. The molecule has 0 radical (unpaired) electrons. The summed E-state index contributed by atoms with van der Waals surface area (Å²) in [4.78, 5) is 15.7. The van der Waals surface area contributed by atoms with Gasteiger partial charge in [-0.05, 0) is 19.8 Å². The lowest BCUT2D eigenvalue weighted by Crippen LogP contribution is -2.22. The summed E-state index contributed by atoms with van der Waals surface area (Å²) in [5, 5.41) is 3.94. The van der Waals surface area contributed by atoms with Crippen LogP contribution in [0.5, 0.6) is 0 Å². The summed E-state index contributed by atoms with van der Waals surface area (Å²) in [6, 6.07) is 0. The van der Waals surface area contributed by atoms with E-state index < -0.39 is 0 Å². The smallest absolute Gasteiger partial charge is 0.231 e. The van der Waals surface area contributed by atoms with Crippen molar-refractivity contribution >= 4 is 23.7 Å². The molecular weight excluding hydrogens is 262 g/mol. The Bertz CT molecular complexity index is 398. The van der Waals surface area contributed by atoms with Crippen LogP contribution in [0.4, 0.5) is 11.9 Å². The van der Waals surface area contributed by atoms with Crippen molar-refractivity contribution in [2.45, 2.75) is 24.9 Å². The number of methoxy groups -OCH3 is 1. The molecule has 0 unspecified atom stereocenters. The van der Waals surface area contributed by atoms with Gasteiger partial charge in [-0.3, -0.25) is 0 Å². The van der Waals surface area contributed by atoms with Crippen LogP contribution < -0.4 is 10.2 Å². The maximum atomic E-state index is 5.05. The maximum absolute atomic E-state index is 5.05. The van der Waals surface area contributed by atoms with Crippen LogP contribution in [0.2, 0.25) is 0 Å². The second kappa shape index (κ2) is 7.49. The highest BCUT2D eigenvalue weighted by molar-refractivity contribution is 7.99. The molecule has 106 valence electrons. The number of anilines is 2. The highest BCUT2D eigenvalue weighted by Crippen LogP contribution is 2.21. The number of nitrogens with one attached hydrogen (secondary N) is 1. The van der Waals surface area contributed by atoms with Gasteiger partial charge in [0.15, 0.2) is 5.16 Å². The van der Waals surface area contributed by atoms with Crippen molar-refractivity contribution in [1.82, 2.24) is 15.0 Å². The van der Waals surface area contributed by atoms with Gasteiger partial charge in [0, 0.05) is 32.5 Å². The van der Waals surface area contributed by atoms with Gasteiger partial charge in [0.1, 0.15) is 0 Å². The first-order valence-corrected chi connectivity index (χ1v) is 7.68. The van der Waals surface area contributed by atoms with E-state index in [4.69, 9.17) is 4.74 Å². The van der Waals surface area contributed by atoms with E-state index in [2.05, 4.69) is 25.2 Å². The number of thioether (sulfide) groups is 1. The molecule has 0 aliphatic carbocycles. The SMILES string of the molecule is CCNc1nc(SCCOC)nc(N2CCCC2)n1. The standard InChI is InChI=1S/C12H21N5OS/c1-3-13-10-14-11(17-6-4-5-7-17)16-12(15-10)19-9-8-18-2/h3-9H2,1-2H3,(H,13,14,15,16). The largest absolute Gasteiger partial charge is 0.384 e. The van der Waals surface area contributed by atoms with Crippen molar-refractivity contribution in [3.05, 3.63) is 0 Å². The summed E-state index contributed by atoms with van der Waals surface area (Å²) < 4.78 is 5.05. The normalized spacial score (nSPS) is 14.9. The molecule has 1 aromatic heterocycles. The van der Waals surface area contributed by atoms with Gasteiger partial charge in [0.2, 0.25) is 11.9 Å². The number of rotatable bonds is 7. The van der Waals surface area contributed by atoms with Crippen LogP contribution >= 0.6 is 11.8 Å². The van der Waals surface area contributed by atoms with Crippen molar-refractivity contribution in [2.24, 2.45) is 0 Å². The molecule has 7 heteroatoms. The van der Waals surface area contributed by atoms with E-state index >= 15 is 0 Å². The third-order valence-electron chi connectivity index (χ3n) is 2.85. The van der Waals surface area contributed by atoms with Gasteiger partial charge in [0.25, 0.3) is 0 Å². The molecule has 1 fully saturated rings. The van der Waals surface area contributed by atoms with E-state index in [0.717, 1.165) is 36.5 Å². The first kappa shape index (κ1) is 14.3. The Morgan fingerprint density at radius 1 is 1.26 bits per heavy atom. The fraction of sp³-hybridized carbons (Fsp3) is 0.750.